The van der Waals surface area contributed by atoms with Crippen LogP contribution in [0.5, 0.6) is 0 Å². The van der Waals surface area contributed by atoms with Crippen LogP contribution < -0.4 is 5.32 Å². The summed E-state index contributed by atoms with van der Waals surface area (Å²) < 4.78 is 0. The molecule has 1 aliphatic heterocycles. The van der Waals surface area contributed by atoms with Gasteiger partial charge < -0.3 is 5.32 Å². The summed E-state index contributed by atoms with van der Waals surface area (Å²) in [5.74, 6) is 0.694. The minimum Gasteiger partial charge on any atom is -0.311 e. The third-order valence-electron chi connectivity index (χ3n) is 3.24. The third-order valence-corrected chi connectivity index (χ3v) is 4.01. The highest BCUT2D eigenvalue weighted by Crippen LogP contribution is 2.18. The van der Waals surface area contributed by atoms with Gasteiger partial charge in [0.05, 0.1) is 6.54 Å². The minimum absolute atomic E-state index is 0.593. The molecular weight excluding hydrogens is 218 g/mol. The van der Waals surface area contributed by atoms with E-state index in [1.165, 1.54) is 5.01 Å². The van der Waals surface area contributed by atoms with Gasteiger partial charge in [-0.3, -0.25) is 4.90 Å². The highest BCUT2D eigenvalue weighted by atomic mass is 32.1. The lowest BCUT2D eigenvalue weighted by molar-refractivity contribution is 0.0955. The van der Waals surface area contributed by atoms with Crippen LogP contribution in [0.25, 0.3) is 0 Å². The molecule has 0 bridgehead atoms. The van der Waals surface area contributed by atoms with Gasteiger partial charge in [0.15, 0.2) is 0 Å². The molecule has 1 aliphatic rings. The van der Waals surface area contributed by atoms with Crippen LogP contribution >= 0.6 is 11.3 Å². The summed E-state index contributed by atoms with van der Waals surface area (Å²) in [6.45, 7) is 10.1. The maximum Gasteiger partial charge on any atom is 0.107 e. The van der Waals surface area contributed by atoms with Crippen LogP contribution in [0.1, 0.15) is 25.8 Å². The van der Waals surface area contributed by atoms with E-state index in [1.54, 1.807) is 11.3 Å². The van der Waals surface area contributed by atoms with Crippen molar-refractivity contribution in [2.45, 2.75) is 39.4 Å². The van der Waals surface area contributed by atoms with Crippen molar-refractivity contribution in [1.82, 2.24) is 15.2 Å². The Kier molecular flexibility index (Phi) is 3.95. The van der Waals surface area contributed by atoms with Crippen LogP contribution in [0, 0.1) is 5.92 Å². The molecule has 0 aliphatic carbocycles. The average Bonchev–Trinajstić information content (AvgIpc) is 2.70. The molecule has 3 nitrogen and oxygen atoms in total. The molecule has 90 valence electrons. The van der Waals surface area contributed by atoms with Gasteiger partial charge in [-0.15, -0.1) is 11.3 Å². The Morgan fingerprint density at radius 2 is 2.44 bits per heavy atom. The molecule has 2 unspecified atom stereocenters. The zero-order chi connectivity index (χ0) is 11.5. The number of piperazine rings is 1. The number of rotatable bonds is 3. The molecule has 2 rings (SSSR count). The summed E-state index contributed by atoms with van der Waals surface area (Å²) in [5, 5.41) is 6.86. The van der Waals surface area contributed by atoms with Crippen molar-refractivity contribution in [3.8, 4) is 0 Å². The Hall–Kier alpha value is -0.450. The summed E-state index contributed by atoms with van der Waals surface area (Å²) in [7, 11) is 0. The summed E-state index contributed by atoms with van der Waals surface area (Å²) in [6.07, 6.45) is 1.90. The topological polar surface area (TPSA) is 28.2 Å². The largest absolute Gasteiger partial charge is 0.311 e. The van der Waals surface area contributed by atoms with Crippen LogP contribution in [-0.4, -0.2) is 35.1 Å². The monoisotopic (exact) mass is 239 g/mol. The molecule has 1 saturated heterocycles. The lowest BCUT2D eigenvalue weighted by atomic mass is 9.99. The van der Waals surface area contributed by atoms with E-state index >= 15 is 0 Å². The van der Waals surface area contributed by atoms with Gasteiger partial charge in [0.1, 0.15) is 5.01 Å². The molecule has 0 amide bonds. The number of hydrogen-bond acceptors (Lipinski definition) is 4. The van der Waals surface area contributed by atoms with E-state index in [0.29, 0.717) is 18.0 Å². The van der Waals surface area contributed by atoms with Crippen LogP contribution in [-0.2, 0) is 6.54 Å². The van der Waals surface area contributed by atoms with Gasteiger partial charge in [-0.2, -0.15) is 0 Å². The van der Waals surface area contributed by atoms with E-state index in [0.717, 1.165) is 19.6 Å². The molecule has 2 heterocycles. The smallest absolute Gasteiger partial charge is 0.107 e. The molecule has 0 spiro atoms. The number of hydrogen-bond donors (Lipinski definition) is 1. The van der Waals surface area contributed by atoms with Gasteiger partial charge in [0, 0.05) is 36.8 Å². The van der Waals surface area contributed by atoms with E-state index in [1.807, 2.05) is 6.20 Å². The summed E-state index contributed by atoms with van der Waals surface area (Å²) >= 11 is 1.76. The Morgan fingerprint density at radius 3 is 3.06 bits per heavy atom. The van der Waals surface area contributed by atoms with Crippen molar-refractivity contribution in [3.63, 3.8) is 0 Å². The van der Waals surface area contributed by atoms with Crippen molar-refractivity contribution in [3.05, 3.63) is 16.6 Å². The second-order valence-corrected chi connectivity index (χ2v) is 5.96. The molecule has 16 heavy (non-hydrogen) atoms. The van der Waals surface area contributed by atoms with Crippen molar-refractivity contribution in [1.29, 1.82) is 0 Å². The van der Waals surface area contributed by atoms with E-state index in [9.17, 15) is 0 Å². The lowest BCUT2D eigenvalue weighted by Gasteiger charge is -2.41. The van der Waals surface area contributed by atoms with Crippen molar-refractivity contribution >= 4 is 11.3 Å². The maximum atomic E-state index is 4.39. The molecule has 1 aromatic rings. The van der Waals surface area contributed by atoms with Crippen molar-refractivity contribution in [2.24, 2.45) is 5.92 Å². The average molecular weight is 239 g/mol. The summed E-state index contributed by atoms with van der Waals surface area (Å²) in [5.41, 5.74) is 0. The highest BCUT2D eigenvalue weighted by Gasteiger charge is 2.28. The molecule has 1 N–H and O–H groups in total. The molecule has 0 radical (unpaired) electrons. The van der Waals surface area contributed by atoms with Gasteiger partial charge in [0.2, 0.25) is 0 Å². The van der Waals surface area contributed by atoms with Gasteiger partial charge in [-0.1, -0.05) is 13.8 Å². The van der Waals surface area contributed by atoms with Crippen molar-refractivity contribution in [2.75, 3.05) is 13.1 Å². The Balaban J connectivity index is 2.02. The molecule has 1 aromatic heterocycles. The fraction of sp³-hybridized carbons (Fsp3) is 0.750. The third kappa shape index (κ3) is 2.81. The summed E-state index contributed by atoms with van der Waals surface area (Å²) in [6, 6.07) is 1.23. The zero-order valence-electron chi connectivity index (χ0n) is 10.3. The fourth-order valence-electron chi connectivity index (χ4n) is 2.35. The van der Waals surface area contributed by atoms with Crippen LogP contribution in [0.2, 0.25) is 0 Å². The van der Waals surface area contributed by atoms with Gasteiger partial charge in [-0.25, -0.2) is 4.98 Å². The first-order chi connectivity index (χ1) is 7.66. The van der Waals surface area contributed by atoms with E-state index in [4.69, 9.17) is 0 Å². The highest BCUT2D eigenvalue weighted by molar-refractivity contribution is 7.09. The lowest BCUT2D eigenvalue weighted by Crippen LogP contribution is -2.56. The number of nitrogens with zero attached hydrogens (tertiary/aromatic N) is 2. The first-order valence-electron chi connectivity index (χ1n) is 6.02. The SMILES string of the molecule is CC1CN(Cc2nccs2)C(C(C)C)CN1. The first-order valence-corrected chi connectivity index (χ1v) is 6.90. The van der Waals surface area contributed by atoms with Crippen LogP contribution in [0.3, 0.4) is 0 Å². The van der Waals surface area contributed by atoms with Gasteiger partial charge in [-0.05, 0) is 12.8 Å². The Morgan fingerprint density at radius 1 is 1.62 bits per heavy atom. The molecule has 0 saturated carbocycles. The van der Waals surface area contributed by atoms with E-state index < -0.39 is 0 Å². The fourth-order valence-corrected chi connectivity index (χ4v) is 2.99. The predicted octanol–water partition coefficient (Wildman–Crippen LogP) is 1.96. The minimum atomic E-state index is 0.593. The zero-order valence-corrected chi connectivity index (χ0v) is 11.1. The second kappa shape index (κ2) is 5.25. The summed E-state index contributed by atoms with van der Waals surface area (Å²) in [4.78, 5) is 6.96. The number of aromatic nitrogens is 1. The normalized spacial score (nSPS) is 27.5. The standard InChI is InChI=1S/C12H21N3S/c1-9(2)11-6-14-10(3)7-15(11)8-12-13-4-5-16-12/h4-5,9-11,14H,6-8H2,1-3H3. The second-order valence-electron chi connectivity index (χ2n) is 4.98. The number of thiazole rings is 1. The molecule has 4 heteroatoms. The maximum absolute atomic E-state index is 4.39. The molecule has 1 fully saturated rings. The molecule has 0 aromatic carbocycles. The van der Waals surface area contributed by atoms with Gasteiger partial charge >= 0.3 is 0 Å². The quantitative estimate of drug-likeness (QED) is 0.874. The molecular formula is C12H21N3S. The van der Waals surface area contributed by atoms with E-state index in [2.05, 4.69) is 41.4 Å². The van der Waals surface area contributed by atoms with Crippen LogP contribution in [0.4, 0.5) is 0 Å². The predicted molar refractivity (Wildman–Crippen MR) is 68.6 cm³/mol. The Bertz CT molecular complexity index is 310. The number of nitrogens with one attached hydrogen (secondary N) is 1. The van der Waals surface area contributed by atoms with Crippen LogP contribution in [0.15, 0.2) is 11.6 Å². The molecule has 2 atom stereocenters. The van der Waals surface area contributed by atoms with E-state index in [-0.39, 0.29) is 0 Å². The van der Waals surface area contributed by atoms with Crippen molar-refractivity contribution < 1.29 is 0 Å². The first kappa shape index (κ1) is 12.0. The Labute approximate surface area is 102 Å². The van der Waals surface area contributed by atoms with Gasteiger partial charge in [0.25, 0.3) is 0 Å².